The summed E-state index contributed by atoms with van der Waals surface area (Å²) in [5.74, 6) is -0.343. The predicted molar refractivity (Wildman–Crippen MR) is 89.4 cm³/mol. The molecule has 0 radical (unpaired) electrons. The number of ketones is 1. The van der Waals surface area contributed by atoms with Crippen LogP contribution < -0.4 is 0 Å². The van der Waals surface area contributed by atoms with E-state index in [0.717, 1.165) is 6.42 Å². The molecule has 24 heavy (non-hydrogen) atoms. The second-order valence-electron chi connectivity index (χ2n) is 6.54. The molecule has 0 spiro atoms. The van der Waals surface area contributed by atoms with Crippen LogP contribution in [0.2, 0.25) is 0 Å². The molecule has 2 aromatic rings. The van der Waals surface area contributed by atoms with Crippen LogP contribution >= 0.6 is 0 Å². The average molecular weight is 321 g/mol. The SMILES string of the molecule is CCCN1C(=O)CC2(c3ccccc3)C(=O)c3ccccc3C12O. The quantitative estimate of drug-likeness (QED) is 0.945. The molecule has 0 saturated carbocycles. The molecule has 4 heteroatoms. The van der Waals surface area contributed by atoms with Gasteiger partial charge in [0.25, 0.3) is 0 Å². The summed E-state index contributed by atoms with van der Waals surface area (Å²) in [6.45, 7) is 2.38. The molecule has 1 amide bonds. The molecule has 1 N–H and O–H groups in total. The van der Waals surface area contributed by atoms with Crippen LogP contribution in [-0.4, -0.2) is 28.2 Å². The molecule has 2 atom stereocenters. The number of aliphatic hydroxyl groups is 1. The fourth-order valence-corrected chi connectivity index (χ4v) is 4.35. The van der Waals surface area contributed by atoms with Crippen molar-refractivity contribution in [3.63, 3.8) is 0 Å². The first kappa shape index (κ1) is 15.1. The lowest BCUT2D eigenvalue weighted by Gasteiger charge is -2.40. The Morgan fingerprint density at radius 2 is 1.71 bits per heavy atom. The van der Waals surface area contributed by atoms with Gasteiger partial charge in [0.2, 0.25) is 5.91 Å². The molecule has 0 aromatic heterocycles. The van der Waals surface area contributed by atoms with Gasteiger partial charge in [0, 0.05) is 24.1 Å². The van der Waals surface area contributed by atoms with Crippen molar-refractivity contribution in [1.82, 2.24) is 4.90 Å². The van der Waals surface area contributed by atoms with E-state index in [9.17, 15) is 14.7 Å². The van der Waals surface area contributed by atoms with E-state index in [-0.39, 0.29) is 18.1 Å². The van der Waals surface area contributed by atoms with Gasteiger partial charge in [-0.2, -0.15) is 0 Å². The first-order valence-electron chi connectivity index (χ1n) is 8.30. The normalized spacial score (nSPS) is 28.2. The van der Waals surface area contributed by atoms with Gasteiger partial charge in [0.05, 0.1) is 0 Å². The van der Waals surface area contributed by atoms with Crippen molar-refractivity contribution in [3.05, 3.63) is 71.3 Å². The van der Waals surface area contributed by atoms with Crippen LogP contribution in [0.15, 0.2) is 54.6 Å². The highest BCUT2D eigenvalue weighted by Gasteiger charge is 2.72. The molecule has 4 nitrogen and oxygen atoms in total. The number of Topliss-reactive ketones (excluding diaryl/α,β-unsaturated/α-hetero) is 1. The summed E-state index contributed by atoms with van der Waals surface area (Å²) >= 11 is 0. The standard InChI is InChI=1S/C20H19NO3/c1-2-12-21-17(22)13-19(14-8-4-3-5-9-14)18(23)15-10-6-7-11-16(15)20(19,21)24/h3-11,24H,2,12-13H2,1H3. The highest BCUT2D eigenvalue weighted by molar-refractivity contribution is 6.14. The summed E-state index contributed by atoms with van der Waals surface area (Å²) in [6.07, 6.45) is 0.719. The smallest absolute Gasteiger partial charge is 0.226 e. The van der Waals surface area contributed by atoms with Crippen molar-refractivity contribution in [2.45, 2.75) is 30.9 Å². The van der Waals surface area contributed by atoms with E-state index in [1.165, 1.54) is 4.90 Å². The lowest BCUT2D eigenvalue weighted by molar-refractivity contribution is -0.152. The van der Waals surface area contributed by atoms with Crippen molar-refractivity contribution < 1.29 is 14.7 Å². The maximum Gasteiger partial charge on any atom is 0.226 e. The van der Waals surface area contributed by atoms with Crippen molar-refractivity contribution in [2.75, 3.05) is 6.54 Å². The van der Waals surface area contributed by atoms with E-state index < -0.39 is 11.1 Å². The topological polar surface area (TPSA) is 57.6 Å². The Kier molecular flexibility index (Phi) is 3.15. The second-order valence-corrected chi connectivity index (χ2v) is 6.54. The largest absolute Gasteiger partial charge is 0.366 e. The van der Waals surface area contributed by atoms with Crippen LogP contribution in [0.5, 0.6) is 0 Å². The first-order valence-corrected chi connectivity index (χ1v) is 8.30. The number of rotatable bonds is 3. The number of carbonyl (C=O) groups excluding carboxylic acids is 2. The van der Waals surface area contributed by atoms with Crippen LogP contribution in [0.1, 0.15) is 41.3 Å². The molecule has 1 aliphatic carbocycles. The van der Waals surface area contributed by atoms with E-state index >= 15 is 0 Å². The minimum Gasteiger partial charge on any atom is -0.366 e. The summed E-state index contributed by atoms with van der Waals surface area (Å²) < 4.78 is 0. The van der Waals surface area contributed by atoms with E-state index in [2.05, 4.69) is 0 Å². The van der Waals surface area contributed by atoms with Gasteiger partial charge in [-0.1, -0.05) is 61.5 Å². The van der Waals surface area contributed by atoms with Gasteiger partial charge in [-0.3, -0.25) is 9.59 Å². The Hall–Kier alpha value is -2.46. The Morgan fingerprint density at radius 3 is 2.42 bits per heavy atom. The number of carbonyl (C=O) groups is 2. The van der Waals surface area contributed by atoms with Crippen LogP contribution in [0, 0.1) is 0 Å². The highest BCUT2D eigenvalue weighted by atomic mass is 16.3. The Balaban J connectivity index is 2.05. The molecule has 1 heterocycles. The van der Waals surface area contributed by atoms with Gasteiger partial charge in [-0.25, -0.2) is 0 Å². The van der Waals surface area contributed by atoms with Crippen LogP contribution in [0.3, 0.4) is 0 Å². The fraction of sp³-hybridized carbons (Fsp3) is 0.300. The zero-order chi connectivity index (χ0) is 16.9. The Morgan fingerprint density at radius 1 is 1.04 bits per heavy atom. The summed E-state index contributed by atoms with van der Waals surface area (Å²) in [6, 6.07) is 16.3. The number of fused-ring (bicyclic) bond motifs is 3. The van der Waals surface area contributed by atoms with Crippen molar-refractivity contribution >= 4 is 11.7 Å². The fourth-order valence-electron chi connectivity index (χ4n) is 4.35. The summed E-state index contributed by atoms with van der Waals surface area (Å²) in [5.41, 5.74) is -1.13. The van der Waals surface area contributed by atoms with Crippen LogP contribution in [0.4, 0.5) is 0 Å². The van der Waals surface area contributed by atoms with Gasteiger partial charge in [0.15, 0.2) is 11.5 Å². The second kappa shape index (κ2) is 5.02. The monoisotopic (exact) mass is 321 g/mol. The first-order chi connectivity index (χ1) is 11.6. The molecule has 2 aromatic carbocycles. The zero-order valence-electron chi connectivity index (χ0n) is 13.5. The van der Waals surface area contributed by atoms with E-state index in [1.807, 2.05) is 37.3 Å². The molecule has 2 unspecified atom stereocenters. The molecule has 1 saturated heterocycles. The van der Waals surface area contributed by atoms with Gasteiger partial charge in [-0.05, 0) is 12.0 Å². The lowest BCUT2D eigenvalue weighted by atomic mass is 9.71. The molecular weight excluding hydrogens is 302 g/mol. The lowest BCUT2D eigenvalue weighted by Crippen LogP contribution is -2.53. The number of hydrogen-bond acceptors (Lipinski definition) is 3. The number of benzene rings is 2. The summed E-state index contributed by atoms with van der Waals surface area (Å²) in [5, 5.41) is 11.8. The third kappa shape index (κ3) is 1.56. The molecule has 4 rings (SSSR count). The maximum absolute atomic E-state index is 13.4. The predicted octanol–water partition coefficient (Wildman–Crippen LogP) is 2.61. The van der Waals surface area contributed by atoms with Gasteiger partial charge in [0.1, 0.15) is 5.41 Å². The third-order valence-electron chi connectivity index (χ3n) is 5.35. The van der Waals surface area contributed by atoms with Gasteiger partial charge < -0.3 is 10.0 Å². The van der Waals surface area contributed by atoms with E-state index in [0.29, 0.717) is 23.2 Å². The van der Waals surface area contributed by atoms with Crippen molar-refractivity contribution in [2.24, 2.45) is 0 Å². The van der Waals surface area contributed by atoms with Gasteiger partial charge in [-0.15, -0.1) is 0 Å². The van der Waals surface area contributed by atoms with Crippen molar-refractivity contribution in [3.8, 4) is 0 Å². The minimum atomic E-state index is -1.62. The van der Waals surface area contributed by atoms with E-state index in [1.54, 1.807) is 24.3 Å². The molecular formula is C20H19NO3. The van der Waals surface area contributed by atoms with Crippen LogP contribution in [-0.2, 0) is 15.9 Å². The van der Waals surface area contributed by atoms with Gasteiger partial charge >= 0.3 is 0 Å². The number of amides is 1. The van der Waals surface area contributed by atoms with Crippen LogP contribution in [0.25, 0.3) is 0 Å². The Bertz CT molecular complexity index is 832. The number of hydrogen-bond donors (Lipinski definition) is 1. The minimum absolute atomic E-state index is 0.00102. The number of likely N-dealkylation sites (tertiary alicyclic amines) is 1. The molecule has 1 fully saturated rings. The molecule has 0 bridgehead atoms. The summed E-state index contributed by atoms with van der Waals surface area (Å²) in [7, 11) is 0. The van der Waals surface area contributed by atoms with E-state index in [4.69, 9.17) is 0 Å². The molecule has 122 valence electrons. The number of nitrogens with zero attached hydrogens (tertiary/aromatic N) is 1. The average Bonchev–Trinajstić information content (AvgIpc) is 2.95. The molecule has 2 aliphatic rings. The maximum atomic E-state index is 13.4. The van der Waals surface area contributed by atoms with Crippen molar-refractivity contribution in [1.29, 1.82) is 0 Å². The zero-order valence-corrected chi connectivity index (χ0v) is 13.5. The third-order valence-corrected chi connectivity index (χ3v) is 5.35. The summed E-state index contributed by atoms with van der Waals surface area (Å²) in [4.78, 5) is 27.6. The Labute approximate surface area is 140 Å². The highest BCUT2D eigenvalue weighted by Crippen LogP contribution is 2.59. The molecule has 1 aliphatic heterocycles.